The summed E-state index contributed by atoms with van der Waals surface area (Å²) >= 11 is 0. The Morgan fingerprint density at radius 3 is 2.86 bits per heavy atom. The van der Waals surface area contributed by atoms with Gasteiger partial charge in [0.2, 0.25) is 0 Å². The van der Waals surface area contributed by atoms with Gasteiger partial charge in [0.25, 0.3) is 0 Å². The average molecular weight is 284 g/mol. The summed E-state index contributed by atoms with van der Waals surface area (Å²) in [6.07, 6.45) is 8.22. The molecule has 2 unspecified atom stereocenters. The third-order valence-electron chi connectivity index (χ3n) is 5.14. The van der Waals surface area contributed by atoms with Gasteiger partial charge in [0, 0.05) is 18.2 Å². The van der Waals surface area contributed by atoms with Crippen LogP contribution in [0.15, 0.2) is 18.2 Å². The van der Waals surface area contributed by atoms with Gasteiger partial charge in [-0.2, -0.15) is 5.26 Å². The fourth-order valence-electron chi connectivity index (χ4n) is 4.11. The number of benzene rings is 1. The van der Waals surface area contributed by atoms with Crippen LogP contribution >= 0.6 is 0 Å². The molecule has 2 atom stereocenters. The van der Waals surface area contributed by atoms with Crippen molar-refractivity contribution in [3.8, 4) is 11.8 Å². The van der Waals surface area contributed by atoms with Crippen molar-refractivity contribution in [3.63, 3.8) is 0 Å². The van der Waals surface area contributed by atoms with E-state index in [0.717, 1.165) is 35.4 Å². The fraction of sp³-hybridized carbons (Fsp3) is 0.611. The third-order valence-corrected chi connectivity index (χ3v) is 5.14. The van der Waals surface area contributed by atoms with Crippen molar-refractivity contribution in [3.05, 3.63) is 29.3 Å². The Morgan fingerprint density at radius 1 is 1.24 bits per heavy atom. The van der Waals surface area contributed by atoms with Crippen LogP contribution in [0.3, 0.4) is 0 Å². The van der Waals surface area contributed by atoms with E-state index in [1.54, 1.807) is 7.11 Å². The molecule has 112 valence electrons. The molecule has 2 fully saturated rings. The van der Waals surface area contributed by atoms with E-state index in [9.17, 15) is 0 Å². The summed E-state index contributed by atoms with van der Waals surface area (Å²) < 4.78 is 5.49. The maximum Gasteiger partial charge on any atom is 0.123 e. The van der Waals surface area contributed by atoms with Crippen LogP contribution in [0, 0.1) is 17.2 Å². The Morgan fingerprint density at radius 2 is 2.05 bits per heavy atom. The predicted molar refractivity (Wildman–Crippen MR) is 83.1 cm³/mol. The number of hydrogen-bond donors (Lipinski definition) is 0. The van der Waals surface area contributed by atoms with Crippen molar-refractivity contribution in [2.24, 2.45) is 5.92 Å². The molecule has 1 aromatic carbocycles. The minimum absolute atomic E-state index is 0.725. The monoisotopic (exact) mass is 284 g/mol. The molecule has 1 saturated heterocycles. The van der Waals surface area contributed by atoms with Gasteiger partial charge in [-0.1, -0.05) is 12.8 Å². The minimum Gasteiger partial charge on any atom is -0.496 e. The van der Waals surface area contributed by atoms with Gasteiger partial charge >= 0.3 is 0 Å². The lowest BCUT2D eigenvalue weighted by Crippen LogP contribution is -2.46. The molecule has 1 aromatic rings. The van der Waals surface area contributed by atoms with Crippen LogP contribution < -0.4 is 4.74 Å². The van der Waals surface area contributed by atoms with E-state index in [-0.39, 0.29) is 0 Å². The summed E-state index contributed by atoms with van der Waals surface area (Å²) in [4.78, 5) is 2.63. The lowest BCUT2D eigenvalue weighted by atomic mass is 9.78. The first-order chi connectivity index (χ1) is 10.3. The molecule has 2 aliphatic rings. The molecule has 1 aliphatic heterocycles. The van der Waals surface area contributed by atoms with Crippen molar-refractivity contribution < 1.29 is 4.74 Å². The number of nitriles is 1. The van der Waals surface area contributed by atoms with Crippen LogP contribution in [0.2, 0.25) is 0 Å². The Labute approximate surface area is 127 Å². The van der Waals surface area contributed by atoms with E-state index in [0.29, 0.717) is 0 Å². The van der Waals surface area contributed by atoms with Crippen LogP contribution in [-0.4, -0.2) is 24.6 Å². The maximum absolute atomic E-state index is 9.11. The molecule has 0 aromatic heterocycles. The van der Waals surface area contributed by atoms with Gasteiger partial charge in [-0.3, -0.25) is 4.90 Å². The molecule has 0 amide bonds. The second-order valence-corrected chi connectivity index (χ2v) is 6.36. The number of rotatable bonds is 3. The zero-order valence-electron chi connectivity index (χ0n) is 12.8. The quantitative estimate of drug-likeness (QED) is 0.848. The number of piperidine rings is 1. The molecule has 1 heterocycles. The number of ether oxygens (including phenoxy) is 1. The molecular weight excluding hydrogens is 260 g/mol. The first-order valence-electron chi connectivity index (χ1n) is 8.13. The molecule has 0 bridgehead atoms. The summed E-state index contributed by atoms with van der Waals surface area (Å²) in [6.45, 7) is 2.10. The van der Waals surface area contributed by atoms with Crippen molar-refractivity contribution in [1.82, 2.24) is 4.90 Å². The van der Waals surface area contributed by atoms with E-state index >= 15 is 0 Å². The van der Waals surface area contributed by atoms with Gasteiger partial charge in [0.15, 0.2) is 0 Å². The van der Waals surface area contributed by atoms with E-state index in [4.69, 9.17) is 10.00 Å². The lowest BCUT2D eigenvalue weighted by molar-refractivity contribution is 0.0541. The normalized spacial score (nSPS) is 25.9. The summed E-state index contributed by atoms with van der Waals surface area (Å²) in [5.41, 5.74) is 1.88. The van der Waals surface area contributed by atoms with Crippen molar-refractivity contribution in [2.75, 3.05) is 13.7 Å². The summed E-state index contributed by atoms with van der Waals surface area (Å²) in [7, 11) is 1.71. The van der Waals surface area contributed by atoms with Crippen LogP contribution in [0.5, 0.6) is 5.75 Å². The Bertz CT molecular complexity index is 533. The highest BCUT2D eigenvalue weighted by atomic mass is 16.5. The molecule has 3 heteroatoms. The second-order valence-electron chi connectivity index (χ2n) is 6.36. The molecule has 1 saturated carbocycles. The summed E-state index contributed by atoms with van der Waals surface area (Å²) in [5.74, 6) is 1.80. The molecule has 0 spiro atoms. The topological polar surface area (TPSA) is 36.3 Å². The van der Waals surface area contributed by atoms with Gasteiger partial charge in [-0.15, -0.1) is 0 Å². The molecule has 21 heavy (non-hydrogen) atoms. The molecule has 0 radical (unpaired) electrons. The number of nitrogens with zero attached hydrogens (tertiary/aromatic N) is 2. The highest BCUT2D eigenvalue weighted by Gasteiger charge is 2.33. The largest absolute Gasteiger partial charge is 0.496 e. The predicted octanol–water partition coefficient (Wildman–Crippen LogP) is 3.72. The second kappa shape index (κ2) is 6.49. The van der Waals surface area contributed by atoms with Gasteiger partial charge in [-0.25, -0.2) is 0 Å². The molecule has 0 N–H and O–H groups in total. The van der Waals surface area contributed by atoms with Crippen LogP contribution in [-0.2, 0) is 6.54 Å². The zero-order valence-corrected chi connectivity index (χ0v) is 12.8. The van der Waals surface area contributed by atoms with E-state index in [1.807, 2.05) is 18.2 Å². The van der Waals surface area contributed by atoms with Crippen molar-refractivity contribution >= 4 is 0 Å². The van der Waals surface area contributed by atoms with E-state index in [1.165, 1.54) is 45.1 Å². The highest BCUT2D eigenvalue weighted by molar-refractivity contribution is 5.42. The molecule has 3 rings (SSSR count). The molecular formula is C18H24N2O. The number of hydrogen-bond acceptors (Lipinski definition) is 3. The molecule has 3 nitrogen and oxygen atoms in total. The number of fused-ring (bicyclic) bond motifs is 1. The number of likely N-dealkylation sites (tertiary alicyclic amines) is 1. The fourth-order valence-corrected chi connectivity index (χ4v) is 4.11. The van der Waals surface area contributed by atoms with Crippen molar-refractivity contribution in [1.29, 1.82) is 5.26 Å². The van der Waals surface area contributed by atoms with Crippen LogP contribution in [0.4, 0.5) is 0 Å². The Hall–Kier alpha value is -1.53. The Balaban J connectivity index is 1.80. The zero-order chi connectivity index (χ0) is 14.7. The highest BCUT2D eigenvalue weighted by Crippen LogP contribution is 2.36. The van der Waals surface area contributed by atoms with E-state index < -0.39 is 0 Å². The first-order valence-corrected chi connectivity index (χ1v) is 8.13. The van der Waals surface area contributed by atoms with Crippen LogP contribution in [0.1, 0.15) is 49.7 Å². The van der Waals surface area contributed by atoms with Gasteiger partial charge in [0.05, 0.1) is 18.7 Å². The Kier molecular flexibility index (Phi) is 4.45. The van der Waals surface area contributed by atoms with Crippen molar-refractivity contribution in [2.45, 2.75) is 51.1 Å². The average Bonchev–Trinajstić information content (AvgIpc) is 2.55. The SMILES string of the molecule is COc1ccc(C#N)cc1CN1CCCC2CCCCC21. The smallest absolute Gasteiger partial charge is 0.123 e. The van der Waals surface area contributed by atoms with E-state index in [2.05, 4.69) is 11.0 Å². The summed E-state index contributed by atoms with van der Waals surface area (Å²) in [5, 5.41) is 9.11. The third kappa shape index (κ3) is 3.06. The number of methoxy groups -OCH3 is 1. The van der Waals surface area contributed by atoms with Crippen LogP contribution in [0.25, 0.3) is 0 Å². The van der Waals surface area contributed by atoms with Gasteiger partial charge < -0.3 is 4.74 Å². The maximum atomic E-state index is 9.11. The lowest BCUT2D eigenvalue weighted by Gasteiger charge is -2.44. The summed E-state index contributed by atoms with van der Waals surface area (Å²) in [6, 6.07) is 8.73. The van der Waals surface area contributed by atoms with Gasteiger partial charge in [0.1, 0.15) is 5.75 Å². The standard InChI is InChI=1S/C18H24N2O/c1-21-18-9-8-14(12-19)11-16(18)13-20-10-4-6-15-5-2-3-7-17(15)20/h8-9,11,15,17H,2-7,10,13H2,1H3. The molecule has 1 aliphatic carbocycles. The minimum atomic E-state index is 0.725. The first kappa shape index (κ1) is 14.4. The van der Waals surface area contributed by atoms with Gasteiger partial charge in [-0.05, 0) is 56.3 Å².